The minimum absolute atomic E-state index is 0.00463. The molecule has 1 aromatic rings. The number of nitro groups is 1. The van der Waals surface area contributed by atoms with Crippen molar-refractivity contribution in [2.75, 3.05) is 11.9 Å². The van der Waals surface area contributed by atoms with Crippen molar-refractivity contribution < 1.29 is 14.1 Å². The molecule has 0 spiro atoms. The highest BCUT2D eigenvalue weighted by atomic mass is 19.1. The molecule has 1 saturated carbocycles. The van der Waals surface area contributed by atoms with E-state index in [9.17, 15) is 19.3 Å². The number of carbonyl (C=O) groups excluding carboxylic acids is 1. The van der Waals surface area contributed by atoms with Crippen LogP contribution in [0.4, 0.5) is 15.8 Å². The highest BCUT2D eigenvalue weighted by molar-refractivity contribution is 6.02. The summed E-state index contributed by atoms with van der Waals surface area (Å²) < 4.78 is 13.4. The minimum atomic E-state index is -0.784. The van der Waals surface area contributed by atoms with Crippen LogP contribution in [0.15, 0.2) is 12.1 Å². The van der Waals surface area contributed by atoms with Gasteiger partial charge in [0, 0.05) is 12.6 Å². The van der Waals surface area contributed by atoms with E-state index in [4.69, 9.17) is 0 Å². The molecule has 1 heterocycles. The Balaban J connectivity index is 2.00. The summed E-state index contributed by atoms with van der Waals surface area (Å²) >= 11 is 0. The summed E-state index contributed by atoms with van der Waals surface area (Å²) in [7, 11) is 0. The summed E-state index contributed by atoms with van der Waals surface area (Å²) in [6.07, 6.45) is 3.17. The van der Waals surface area contributed by atoms with Crippen molar-refractivity contribution in [1.29, 1.82) is 0 Å². The molecule has 3 rings (SSSR count). The number of carbonyl (C=O) groups is 1. The van der Waals surface area contributed by atoms with Crippen LogP contribution in [0.3, 0.4) is 0 Å². The molecule has 1 aliphatic carbocycles. The number of benzene rings is 1. The van der Waals surface area contributed by atoms with Crippen LogP contribution in [0, 0.1) is 21.8 Å². The first-order chi connectivity index (χ1) is 9.54. The number of rotatable bonds is 3. The largest absolute Gasteiger partial charge is 0.374 e. The number of anilines is 1. The first-order valence-electron chi connectivity index (χ1n) is 6.57. The lowest BCUT2D eigenvalue weighted by Gasteiger charge is -2.17. The Bertz CT molecular complexity index is 586. The zero-order valence-electron chi connectivity index (χ0n) is 10.7. The van der Waals surface area contributed by atoms with Crippen LogP contribution in [0.2, 0.25) is 0 Å². The molecule has 2 N–H and O–H groups in total. The van der Waals surface area contributed by atoms with E-state index >= 15 is 0 Å². The van der Waals surface area contributed by atoms with E-state index in [0.717, 1.165) is 31.4 Å². The maximum atomic E-state index is 13.4. The zero-order chi connectivity index (χ0) is 14.3. The number of hydrogen-bond acceptors (Lipinski definition) is 4. The van der Waals surface area contributed by atoms with Gasteiger partial charge in [-0.2, -0.15) is 0 Å². The Morgan fingerprint density at radius 1 is 1.40 bits per heavy atom. The second kappa shape index (κ2) is 4.73. The van der Waals surface area contributed by atoms with Crippen LogP contribution < -0.4 is 10.6 Å². The van der Waals surface area contributed by atoms with Crippen molar-refractivity contribution >= 4 is 17.3 Å². The van der Waals surface area contributed by atoms with Gasteiger partial charge >= 0.3 is 0 Å². The van der Waals surface area contributed by atoms with E-state index in [-0.39, 0.29) is 17.3 Å². The van der Waals surface area contributed by atoms with Crippen LogP contribution >= 0.6 is 0 Å². The molecule has 0 saturated heterocycles. The van der Waals surface area contributed by atoms with Gasteiger partial charge in [-0.1, -0.05) is 12.8 Å². The number of amides is 1. The van der Waals surface area contributed by atoms with Crippen LogP contribution in [-0.2, 0) is 0 Å². The van der Waals surface area contributed by atoms with Gasteiger partial charge in [-0.15, -0.1) is 0 Å². The summed E-state index contributed by atoms with van der Waals surface area (Å²) in [6, 6.07) is 1.82. The maximum absolute atomic E-state index is 13.4. The molecule has 1 aromatic carbocycles. The number of fused-ring (bicyclic) bond motifs is 1. The van der Waals surface area contributed by atoms with E-state index in [0.29, 0.717) is 12.5 Å². The van der Waals surface area contributed by atoms with E-state index in [2.05, 4.69) is 10.6 Å². The molecular weight excluding hydrogens is 265 g/mol. The first kappa shape index (κ1) is 12.8. The van der Waals surface area contributed by atoms with Gasteiger partial charge in [0.1, 0.15) is 11.5 Å². The van der Waals surface area contributed by atoms with Gasteiger partial charge in [-0.3, -0.25) is 14.9 Å². The van der Waals surface area contributed by atoms with Crippen LogP contribution in [0.25, 0.3) is 0 Å². The summed E-state index contributed by atoms with van der Waals surface area (Å²) in [5.74, 6) is -0.646. The number of nitro benzene ring substituents is 1. The van der Waals surface area contributed by atoms with E-state index in [1.165, 1.54) is 0 Å². The summed E-state index contributed by atoms with van der Waals surface area (Å²) in [5, 5.41) is 16.8. The fourth-order valence-electron chi connectivity index (χ4n) is 2.53. The van der Waals surface area contributed by atoms with Crippen molar-refractivity contribution in [3.05, 3.63) is 33.6 Å². The number of hydrogen-bond donors (Lipinski definition) is 2. The smallest absolute Gasteiger partial charge is 0.296 e. The van der Waals surface area contributed by atoms with Crippen LogP contribution in [0.5, 0.6) is 0 Å². The molecule has 1 unspecified atom stereocenters. The molecule has 0 bridgehead atoms. The van der Waals surface area contributed by atoms with Gasteiger partial charge in [0.15, 0.2) is 0 Å². The van der Waals surface area contributed by atoms with Crippen molar-refractivity contribution in [2.24, 2.45) is 5.92 Å². The highest BCUT2D eigenvalue weighted by Crippen LogP contribution is 2.37. The molecule has 6 nitrogen and oxygen atoms in total. The SMILES string of the molecule is O=C1NCC(CC2CC2)Nc2c1cc(F)cc2[N+](=O)[O-]. The fraction of sp³-hybridized carbons (Fsp3) is 0.462. The van der Waals surface area contributed by atoms with Crippen LogP contribution in [0.1, 0.15) is 29.6 Å². The van der Waals surface area contributed by atoms with E-state index < -0.39 is 22.3 Å². The highest BCUT2D eigenvalue weighted by Gasteiger charge is 2.32. The third-order valence-electron chi connectivity index (χ3n) is 3.70. The Hall–Kier alpha value is -2.18. The van der Waals surface area contributed by atoms with Gasteiger partial charge in [-0.25, -0.2) is 4.39 Å². The number of halogens is 1. The Labute approximate surface area is 114 Å². The maximum Gasteiger partial charge on any atom is 0.296 e. The predicted octanol–water partition coefficient (Wildman–Crippen LogP) is 2.06. The predicted molar refractivity (Wildman–Crippen MR) is 70.1 cm³/mol. The van der Waals surface area contributed by atoms with Gasteiger partial charge in [-0.05, 0) is 18.4 Å². The normalized spacial score (nSPS) is 21.4. The summed E-state index contributed by atoms with van der Waals surface area (Å²) in [4.78, 5) is 22.3. The number of nitrogens with zero attached hydrogens (tertiary/aromatic N) is 1. The van der Waals surface area contributed by atoms with Crippen molar-refractivity contribution in [3.8, 4) is 0 Å². The lowest BCUT2D eigenvalue weighted by atomic mass is 10.1. The second-order valence-corrected chi connectivity index (χ2v) is 5.33. The summed E-state index contributed by atoms with van der Waals surface area (Å²) in [6.45, 7) is 0.392. The third kappa shape index (κ3) is 2.43. The monoisotopic (exact) mass is 279 g/mol. The van der Waals surface area contributed by atoms with Crippen molar-refractivity contribution in [2.45, 2.75) is 25.3 Å². The molecule has 1 fully saturated rings. The van der Waals surface area contributed by atoms with Crippen LogP contribution in [-0.4, -0.2) is 23.4 Å². The lowest BCUT2D eigenvalue weighted by Crippen LogP contribution is -2.33. The van der Waals surface area contributed by atoms with E-state index in [1.54, 1.807) is 0 Å². The lowest BCUT2D eigenvalue weighted by molar-refractivity contribution is -0.384. The molecule has 2 aliphatic rings. The molecule has 0 aromatic heterocycles. The molecule has 1 atom stereocenters. The van der Waals surface area contributed by atoms with E-state index in [1.807, 2.05) is 0 Å². The first-order valence-corrected chi connectivity index (χ1v) is 6.57. The van der Waals surface area contributed by atoms with Gasteiger partial charge in [0.2, 0.25) is 0 Å². The zero-order valence-corrected chi connectivity index (χ0v) is 10.7. The minimum Gasteiger partial charge on any atom is -0.374 e. The Morgan fingerprint density at radius 2 is 2.15 bits per heavy atom. The average Bonchev–Trinajstić information content (AvgIpc) is 3.20. The number of nitrogens with one attached hydrogen (secondary N) is 2. The summed E-state index contributed by atoms with van der Waals surface area (Å²) in [5.41, 5.74) is -0.273. The second-order valence-electron chi connectivity index (χ2n) is 5.33. The average molecular weight is 279 g/mol. The standard InChI is InChI=1S/C13H14FN3O3/c14-8-4-10-12(11(5-8)17(19)20)16-9(3-7-1-2-7)6-15-13(10)18/h4-5,7,9,16H,1-3,6H2,(H,15,18). The third-order valence-corrected chi connectivity index (χ3v) is 3.70. The van der Waals surface area contributed by atoms with Gasteiger partial charge < -0.3 is 10.6 Å². The molecule has 0 radical (unpaired) electrons. The molecule has 1 aliphatic heterocycles. The Kier molecular flexibility index (Phi) is 3.04. The van der Waals surface area contributed by atoms with Gasteiger partial charge in [0.25, 0.3) is 11.6 Å². The van der Waals surface area contributed by atoms with Crippen molar-refractivity contribution in [1.82, 2.24) is 5.32 Å². The molecule has 7 heteroatoms. The Morgan fingerprint density at radius 3 is 2.80 bits per heavy atom. The molecular formula is C13H14FN3O3. The van der Waals surface area contributed by atoms with Crippen molar-refractivity contribution in [3.63, 3.8) is 0 Å². The fourth-order valence-corrected chi connectivity index (χ4v) is 2.53. The molecule has 1 amide bonds. The van der Waals surface area contributed by atoms with Gasteiger partial charge in [0.05, 0.1) is 16.6 Å². The molecule has 20 heavy (non-hydrogen) atoms. The topological polar surface area (TPSA) is 84.3 Å². The molecule has 106 valence electrons. The quantitative estimate of drug-likeness (QED) is 0.655.